The highest BCUT2D eigenvalue weighted by Crippen LogP contribution is 2.31. The Labute approximate surface area is 149 Å². The SMILES string of the molecule is COc1ccc2c(c1)C=C(C(=O)N1CCC(C)CC1CN)CO2.Cl. The number of methoxy groups -OCH3 is 1. The van der Waals surface area contributed by atoms with Crippen LogP contribution in [0.3, 0.4) is 0 Å². The summed E-state index contributed by atoms with van der Waals surface area (Å²) in [6.07, 6.45) is 3.91. The predicted octanol–water partition coefficient (Wildman–Crippen LogP) is 2.48. The largest absolute Gasteiger partial charge is 0.497 e. The van der Waals surface area contributed by atoms with Crippen LogP contribution in [0.2, 0.25) is 0 Å². The molecule has 1 amide bonds. The third-order valence-electron chi connectivity index (χ3n) is 4.72. The van der Waals surface area contributed by atoms with Crippen LogP contribution in [-0.2, 0) is 4.79 Å². The molecule has 2 unspecified atom stereocenters. The van der Waals surface area contributed by atoms with Gasteiger partial charge in [0.1, 0.15) is 18.1 Å². The van der Waals surface area contributed by atoms with Gasteiger partial charge in [0.25, 0.3) is 5.91 Å². The van der Waals surface area contributed by atoms with Crippen LogP contribution >= 0.6 is 12.4 Å². The van der Waals surface area contributed by atoms with Gasteiger partial charge in [0.15, 0.2) is 0 Å². The number of ether oxygens (including phenoxy) is 2. The molecule has 0 radical (unpaired) electrons. The first-order valence-corrected chi connectivity index (χ1v) is 8.14. The zero-order chi connectivity index (χ0) is 16.4. The van der Waals surface area contributed by atoms with Gasteiger partial charge in [-0.05, 0) is 43.0 Å². The minimum atomic E-state index is 0. The molecule has 1 aromatic carbocycles. The van der Waals surface area contributed by atoms with Gasteiger partial charge in [-0.1, -0.05) is 6.92 Å². The number of carbonyl (C=O) groups is 1. The van der Waals surface area contributed by atoms with Gasteiger partial charge < -0.3 is 20.1 Å². The first kappa shape index (κ1) is 18.6. The molecule has 2 heterocycles. The fourth-order valence-electron chi connectivity index (χ4n) is 3.33. The second-order valence-electron chi connectivity index (χ2n) is 6.38. The Morgan fingerprint density at radius 1 is 1.46 bits per heavy atom. The fraction of sp³-hybridized carbons (Fsp3) is 0.500. The third kappa shape index (κ3) is 3.68. The average Bonchev–Trinajstić information content (AvgIpc) is 2.59. The molecule has 2 N–H and O–H groups in total. The molecule has 24 heavy (non-hydrogen) atoms. The molecule has 1 aromatic rings. The van der Waals surface area contributed by atoms with Crippen molar-refractivity contribution >= 4 is 24.4 Å². The van der Waals surface area contributed by atoms with E-state index in [0.717, 1.165) is 36.4 Å². The molecular formula is C18H25ClN2O3. The van der Waals surface area contributed by atoms with Crippen molar-refractivity contribution in [2.45, 2.75) is 25.8 Å². The number of hydrogen-bond donors (Lipinski definition) is 1. The number of amides is 1. The number of nitrogens with two attached hydrogens (primary N) is 1. The number of fused-ring (bicyclic) bond motifs is 1. The summed E-state index contributed by atoms with van der Waals surface area (Å²) in [5.74, 6) is 2.20. The standard InChI is InChI=1S/C18H24N2O3.ClH/c1-12-5-6-20(15(7-12)10-19)18(21)14-8-13-9-16(22-2)3-4-17(13)23-11-14;/h3-4,8-9,12,15H,5-7,10-11,19H2,1-2H3;1H. The number of nitrogens with zero attached hydrogens (tertiary/aromatic N) is 1. The van der Waals surface area contributed by atoms with Crippen LogP contribution in [0.1, 0.15) is 25.3 Å². The molecule has 3 rings (SSSR count). The summed E-state index contributed by atoms with van der Waals surface area (Å²) in [4.78, 5) is 14.8. The maximum absolute atomic E-state index is 12.9. The quantitative estimate of drug-likeness (QED) is 0.907. The lowest BCUT2D eigenvalue weighted by Gasteiger charge is -2.38. The topological polar surface area (TPSA) is 64.8 Å². The molecule has 2 aliphatic heterocycles. The molecule has 0 aliphatic carbocycles. The lowest BCUT2D eigenvalue weighted by atomic mass is 9.91. The summed E-state index contributed by atoms with van der Waals surface area (Å²) in [5.41, 5.74) is 7.44. The van der Waals surface area contributed by atoms with Gasteiger partial charge in [-0.3, -0.25) is 4.79 Å². The first-order valence-electron chi connectivity index (χ1n) is 8.14. The van der Waals surface area contributed by atoms with Crippen LogP contribution in [0, 0.1) is 5.92 Å². The zero-order valence-corrected chi connectivity index (χ0v) is 15.0. The second kappa shape index (κ2) is 7.90. The number of benzene rings is 1. The smallest absolute Gasteiger partial charge is 0.253 e. The van der Waals surface area contributed by atoms with Crippen molar-refractivity contribution in [3.63, 3.8) is 0 Å². The van der Waals surface area contributed by atoms with Crippen molar-refractivity contribution in [3.05, 3.63) is 29.3 Å². The Morgan fingerprint density at radius 3 is 2.96 bits per heavy atom. The first-order chi connectivity index (χ1) is 11.1. The number of piperidine rings is 1. The van der Waals surface area contributed by atoms with Crippen molar-refractivity contribution in [1.29, 1.82) is 0 Å². The molecule has 2 atom stereocenters. The van der Waals surface area contributed by atoms with E-state index in [1.807, 2.05) is 29.2 Å². The normalized spacial score (nSPS) is 22.6. The monoisotopic (exact) mass is 352 g/mol. The minimum absolute atomic E-state index is 0. The lowest BCUT2D eigenvalue weighted by molar-refractivity contribution is -0.131. The van der Waals surface area contributed by atoms with E-state index in [0.29, 0.717) is 24.6 Å². The highest BCUT2D eigenvalue weighted by Gasteiger charge is 2.31. The summed E-state index contributed by atoms with van der Waals surface area (Å²) in [6.45, 7) is 3.80. The highest BCUT2D eigenvalue weighted by molar-refractivity contribution is 5.99. The summed E-state index contributed by atoms with van der Waals surface area (Å²) in [5, 5.41) is 0. The van der Waals surface area contributed by atoms with Gasteiger partial charge in [-0.2, -0.15) is 0 Å². The zero-order valence-electron chi connectivity index (χ0n) is 14.2. The molecule has 132 valence electrons. The molecule has 6 heteroatoms. The van der Waals surface area contributed by atoms with E-state index in [9.17, 15) is 4.79 Å². The van der Waals surface area contributed by atoms with Crippen molar-refractivity contribution in [1.82, 2.24) is 4.90 Å². The predicted molar refractivity (Wildman–Crippen MR) is 96.7 cm³/mol. The van der Waals surface area contributed by atoms with Gasteiger partial charge in [0.05, 0.1) is 12.7 Å². The highest BCUT2D eigenvalue weighted by atomic mass is 35.5. The van der Waals surface area contributed by atoms with Crippen LogP contribution in [0.25, 0.3) is 6.08 Å². The average molecular weight is 353 g/mol. The number of halogens is 1. The third-order valence-corrected chi connectivity index (χ3v) is 4.72. The van der Waals surface area contributed by atoms with Crippen LogP contribution in [0.5, 0.6) is 11.5 Å². The van der Waals surface area contributed by atoms with E-state index in [-0.39, 0.29) is 24.4 Å². The van der Waals surface area contributed by atoms with Gasteiger partial charge in [-0.15, -0.1) is 12.4 Å². The lowest BCUT2D eigenvalue weighted by Crippen LogP contribution is -2.50. The van der Waals surface area contributed by atoms with E-state index in [1.54, 1.807) is 7.11 Å². The second-order valence-corrected chi connectivity index (χ2v) is 6.38. The maximum Gasteiger partial charge on any atom is 0.253 e. The Morgan fingerprint density at radius 2 is 2.25 bits per heavy atom. The maximum atomic E-state index is 12.9. The Kier molecular flexibility index (Phi) is 6.13. The van der Waals surface area contributed by atoms with E-state index in [1.165, 1.54) is 0 Å². The van der Waals surface area contributed by atoms with Gasteiger partial charge in [0, 0.05) is 24.7 Å². The molecule has 2 aliphatic rings. The minimum Gasteiger partial charge on any atom is -0.497 e. The number of likely N-dealkylation sites (tertiary alicyclic amines) is 1. The Bertz CT molecular complexity index is 633. The van der Waals surface area contributed by atoms with E-state index in [2.05, 4.69) is 6.92 Å². The molecular weight excluding hydrogens is 328 g/mol. The van der Waals surface area contributed by atoms with Gasteiger partial charge in [0.2, 0.25) is 0 Å². The molecule has 5 nitrogen and oxygen atoms in total. The van der Waals surface area contributed by atoms with Gasteiger partial charge in [-0.25, -0.2) is 0 Å². The molecule has 0 spiro atoms. The van der Waals surface area contributed by atoms with Crippen LogP contribution in [0.15, 0.2) is 23.8 Å². The summed E-state index contributed by atoms with van der Waals surface area (Å²) in [6, 6.07) is 5.74. The Hall–Kier alpha value is -1.72. The van der Waals surface area contributed by atoms with Crippen molar-refractivity contribution in [2.75, 3.05) is 26.8 Å². The summed E-state index contributed by atoms with van der Waals surface area (Å²) < 4.78 is 11.0. The fourth-order valence-corrected chi connectivity index (χ4v) is 3.33. The summed E-state index contributed by atoms with van der Waals surface area (Å²) >= 11 is 0. The van der Waals surface area contributed by atoms with E-state index < -0.39 is 0 Å². The molecule has 1 saturated heterocycles. The molecule has 0 bridgehead atoms. The molecule has 0 saturated carbocycles. The molecule has 1 fully saturated rings. The van der Waals surface area contributed by atoms with Crippen LogP contribution < -0.4 is 15.2 Å². The number of carbonyl (C=O) groups excluding carboxylic acids is 1. The van der Waals surface area contributed by atoms with E-state index >= 15 is 0 Å². The number of hydrogen-bond acceptors (Lipinski definition) is 4. The Balaban J connectivity index is 0.00000208. The van der Waals surface area contributed by atoms with Crippen LogP contribution in [0.4, 0.5) is 0 Å². The molecule has 0 aromatic heterocycles. The van der Waals surface area contributed by atoms with E-state index in [4.69, 9.17) is 15.2 Å². The number of rotatable bonds is 3. The van der Waals surface area contributed by atoms with Crippen LogP contribution in [-0.4, -0.2) is 43.7 Å². The van der Waals surface area contributed by atoms with Gasteiger partial charge >= 0.3 is 0 Å². The van der Waals surface area contributed by atoms with Crippen molar-refractivity contribution < 1.29 is 14.3 Å². The van der Waals surface area contributed by atoms with Crippen molar-refractivity contribution in [2.24, 2.45) is 11.7 Å². The summed E-state index contributed by atoms with van der Waals surface area (Å²) in [7, 11) is 1.63. The van der Waals surface area contributed by atoms with Crippen molar-refractivity contribution in [3.8, 4) is 11.5 Å².